The van der Waals surface area contributed by atoms with Gasteiger partial charge in [0.15, 0.2) is 6.61 Å². The number of halogens is 1. The van der Waals surface area contributed by atoms with Crippen LogP contribution >= 0.6 is 0 Å². The molecule has 2 aromatic carbocycles. The maximum atomic E-state index is 13.0. The monoisotopic (exact) mass is 301 g/mol. The first-order valence-corrected chi connectivity index (χ1v) is 6.75. The van der Waals surface area contributed by atoms with E-state index in [-0.39, 0.29) is 0 Å². The Morgan fingerprint density at radius 1 is 1.14 bits per heavy atom. The van der Waals surface area contributed by atoms with Gasteiger partial charge in [-0.2, -0.15) is 0 Å². The van der Waals surface area contributed by atoms with Gasteiger partial charge in [-0.25, -0.2) is 9.18 Å². The topological polar surface area (TPSA) is 55.4 Å². The molecule has 2 rings (SSSR count). The van der Waals surface area contributed by atoms with Gasteiger partial charge >= 0.3 is 5.97 Å². The number of ether oxygens (including phenoxy) is 1. The van der Waals surface area contributed by atoms with E-state index in [1.54, 1.807) is 25.1 Å². The number of nitrogens with one attached hydrogen (secondary N) is 1. The van der Waals surface area contributed by atoms with Crippen molar-refractivity contribution in [3.8, 4) is 0 Å². The molecule has 0 aliphatic carbocycles. The van der Waals surface area contributed by atoms with E-state index in [1.165, 1.54) is 18.2 Å². The number of amides is 1. The predicted octanol–water partition coefficient (Wildman–Crippen LogP) is 3.24. The van der Waals surface area contributed by atoms with E-state index >= 15 is 0 Å². The van der Waals surface area contributed by atoms with Crippen LogP contribution in [0.15, 0.2) is 42.5 Å². The van der Waals surface area contributed by atoms with Crippen molar-refractivity contribution in [2.45, 2.75) is 13.8 Å². The molecule has 0 heterocycles. The maximum Gasteiger partial charge on any atom is 0.338 e. The highest BCUT2D eigenvalue weighted by atomic mass is 19.1. The molecule has 5 heteroatoms. The summed E-state index contributed by atoms with van der Waals surface area (Å²) < 4.78 is 18.0. The molecule has 0 aliphatic rings. The highest BCUT2D eigenvalue weighted by molar-refractivity contribution is 5.96. The van der Waals surface area contributed by atoms with Crippen LogP contribution in [0, 0.1) is 19.7 Å². The molecule has 114 valence electrons. The van der Waals surface area contributed by atoms with Gasteiger partial charge in [-0.1, -0.05) is 23.8 Å². The Morgan fingerprint density at radius 3 is 2.59 bits per heavy atom. The molecular formula is C17H16FNO3. The lowest BCUT2D eigenvalue weighted by atomic mass is 10.1. The zero-order valence-electron chi connectivity index (χ0n) is 12.4. The van der Waals surface area contributed by atoms with Crippen LogP contribution in [-0.2, 0) is 9.53 Å². The van der Waals surface area contributed by atoms with E-state index in [9.17, 15) is 14.0 Å². The standard InChI is InChI=1S/C17H16FNO3/c1-11-6-7-15(12(2)8-11)17(21)22-10-16(20)19-14-5-3-4-13(18)9-14/h3-9H,10H2,1-2H3,(H,19,20). The quantitative estimate of drug-likeness (QED) is 0.882. The number of anilines is 1. The lowest BCUT2D eigenvalue weighted by molar-refractivity contribution is -0.119. The predicted molar refractivity (Wildman–Crippen MR) is 81.2 cm³/mol. The molecule has 0 saturated heterocycles. The Hall–Kier alpha value is -2.69. The third-order valence-electron chi connectivity index (χ3n) is 3.04. The highest BCUT2D eigenvalue weighted by Crippen LogP contribution is 2.12. The molecule has 0 fully saturated rings. The van der Waals surface area contributed by atoms with Crippen molar-refractivity contribution in [2.24, 2.45) is 0 Å². The smallest absolute Gasteiger partial charge is 0.338 e. The Balaban J connectivity index is 1.92. The molecular weight excluding hydrogens is 285 g/mol. The van der Waals surface area contributed by atoms with Crippen molar-refractivity contribution in [1.29, 1.82) is 0 Å². The zero-order chi connectivity index (χ0) is 16.1. The minimum atomic E-state index is -0.563. The van der Waals surface area contributed by atoms with Gasteiger partial charge in [0.05, 0.1) is 5.56 Å². The van der Waals surface area contributed by atoms with Gasteiger partial charge in [0.25, 0.3) is 5.91 Å². The van der Waals surface area contributed by atoms with Crippen LogP contribution in [0.1, 0.15) is 21.5 Å². The van der Waals surface area contributed by atoms with Crippen LogP contribution in [-0.4, -0.2) is 18.5 Å². The number of hydrogen-bond donors (Lipinski definition) is 1. The van der Waals surface area contributed by atoms with Crippen molar-refractivity contribution >= 4 is 17.6 Å². The summed E-state index contributed by atoms with van der Waals surface area (Å²) in [6.07, 6.45) is 0. The number of carbonyl (C=O) groups is 2. The summed E-state index contributed by atoms with van der Waals surface area (Å²) in [6.45, 7) is 3.30. The second-order valence-electron chi connectivity index (χ2n) is 4.95. The summed E-state index contributed by atoms with van der Waals surface area (Å²) in [7, 11) is 0. The molecule has 0 saturated carbocycles. The van der Waals surface area contributed by atoms with Crippen LogP contribution in [0.3, 0.4) is 0 Å². The minimum absolute atomic E-state index is 0.313. The van der Waals surface area contributed by atoms with Gasteiger partial charge in [0, 0.05) is 5.69 Å². The van der Waals surface area contributed by atoms with E-state index in [1.807, 2.05) is 13.0 Å². The fraction of sp³-hybridized carbons (Fsp3) is 0.176. The van der Waals surface area contributed by atoms with Gasteiger partial charge in [0.2, 0.25) is 0 Å². The third kappa shape index (κ3) is 4.15. The Bertz CT molecular complexity index is 713. The Kier molecular flexibility index (Phi) is 4.88. The van der Waals surface area contributed by atoms with Gasteiger partial charge in [0.1, 0.15) is 5.82 Å². The Labute approximate surface area is 127 Å². The number of aryl methyl sites for hydroxylation is 2. The van der Waals surface area contributed by atoms with E-state index < -0.39 is 24.3 Å². The Morgan fingerprint density at radius 2 is 1.91 bits per heavy atom. The lowest BCUT2D eigenvalue weighted by Crippen LogP contribution is -2.21. The molecule has 1 N–H and O–H groups in total. The molecule has 0 spiro atoms. The average molecular weight is 301 g/mol. The molecule has 22 heavy (non-hydrogen) atoms. The molecule has 0 aliphatic heterocycles. The highest BCUT2D eigenvalue weighted by Gasteiger charge is 2.12. The normalized spacial score (nSPS) is 10.1. The number of benzene rings is 2. The molecule has 0 aromatic heterocycles. The first kappa shape index (κ1) is 15.7. The van der Waals surface area contributed by atoms with E-state index in [4.69, 9.17) is 4.74 Å². The molecule has 0 unspecified atom stereocenters. The van der Waals surface area contributed by atoms with Crippen molar-refractivity contribution in [3.63, 3.8) is 0 Å². The van der Waals surface area contributed by atoms with Crippen LogP contribution in [0.2, 0.25) is 0 Å². The van der Waals surface area contributed by atoms with Gasteiger partial charge in [-0.05, 0) is 43.7 Å². The number of carbonyl (C=O) groups excluding carboxylic acids is 2. The molecule has 1 amide bonds. The van der Waals surface area contributed by atoms with Gasteiger partial charge in [-0.3, -0.25) is 4.79 Å². The van der Waals surface area contributed by atoms with Crippen molar-refractivity contribution < 1.29 is 18.7 Å². The minimum Gasteiger partial charge on any atom is -0.452 e. The van der Waals surface area contributed by atoms with Gasteiger partial charge in [-0.15, -0.1) is 0 Å². The summed E-state index contributed by atoms with van der Waals surface area (Å²) in [5.74, 6) is -1.54. The summed E-state index contributed by atoms with van der Waals surface area (Å²) in [4.78, 5) is 23.6. The van der Waals surface area contributed by atoms with Crippen molar-refractivity contribution in [3.05, 3.63) is 65.0 Å². The molecule has 4 nitrogen and oxygen atoms in total. The zero-order valence-corrected chi connectivity index (χ0v) is 12.4. The SMILES string of the molecule is Cc1ccc(C(=O)OCC(=O)Nc2cccc(F)c2)c(C)c1. The second kappa shape index (κ2) is 6.85. The fourth-order valence-corrected chi connectivity index (χ4v) is 2.01. The lowest BCUT2D eigenvalue weighted by Gasteiger charge is -2.08. The summed E-state index contributed by atoms with van der Waals surface area (Å²) in [5.41, 5.74) is 2.56. The van der Waals surface area contributed by atoms with Crippen LogP contribution in [0.5, 0.6) is 0 Å². The third-order valence-corrected chi connectivity index (χ3v) is 3.04. The molecule has 0 atom stereocenters. The second-order valence-corrected chi connectivity index (χ2v) is 4.95. The van der Waals surface area contributed by atoms with Crippen LogP contribution < -0.4 is 5.32 Å². The van der Waals surface area contributed by atoms with Gasteiger partial charge < -0.3 is 10.1 Å². The average Bonchev–Trinajstić information content (AvgIpc) is 2.45. The molecule has 2 aromatic rings. The summed E-state index contributed by atoms with van der Waals surface area (Å²) >= 11 is 0. The fourth-order valence-electron chi connectivity index (χ4n) is 2.01. The van der Waals surface area contributed by atoms with Crippen molar-refractivity contribution in [1.82, 2.24) is 0 Å². The molecule has 0 radical (unpaired) electrons. The number of hydrogen-bond acceptors (Lipinski definition) is 3. The number of rotatable bonds is 4. The first-order valence-electron chi connectivity index (χ1n) is 6.75. The van der Waals surface area contributed by atoms with Crippen LogP contribution in [0.25, 0.3) is 0 Å². The molecule has 0 bridgehead atoms. The van der Waals surface area contributed by atoms with E-state index in [2.05, 4.69) is 5.32 Å². The summed E-state index contributed by atoms with van der Waals surface area (Å²) in [5, 5.41) is 2.46. The summed E-state index contributed by atoms with van der Waals surface area (Å²) in [6, 6.07) is 10.8. The van der Waals surface area contributed by atoms with Crippen LogP contribution in [0.4, 0.5) is 10.1 Å². The van der Waals surface area contributed by atoms with E-state index in [0.29, 0.717) is 11.3 Å². The largest absolute Gasteiger partial charge is 0.452 e. The van der Waals surface area contributed by atoms with E-state index in [0.717, 1.165) is 11.1 Å². The first-order chi connectivity index (χ1) is 10.5. The number of esters is 1. The maximum absolute atomic E-state index is 13.0. The van der Waals surface area contributed by atoms with Crippen molar-refractivity contribution in [2.75, 3.05) is 11.9 Å².